The van der Waals surface area contributed by atoms with Crippen molar-refractivity contribution in [3.05, 3.63) is 12.2 Å². The Bertz CT molecular complexity index is 331. The highest BCUT2D eigenvalue weighted by atomic mass is 33.1. The maximum atomic E-state index is 10.3. The Morgan fingerprint density at radius 2 is 1.30 bits per heavy atom. The molecule has 0 radical (unpaired) electrons. The van der Waals surface area contributed by atoms with Crippen LogP contribution in [0, 0.1) is 0 Å². The third-order valence-corrected chi connectivity index (χ3v) is 4.11. The quantitative estimate of drug-likeness (QED) is 0.218. The third kappa shape index (κ3) is 13.2. The summed E-state index contributed by atoms with van der Waals surface area (Å²) in [6.45, 7) is 4.85. The first-order valence-electron chi connectivity index (χ1n) is 5.26. The van der Waals surface area contributed by atoms with E-state index in [4.69, 9.17) is 27.4 Å². The molecule has 116 valence electrons. The largest absolute Gasteiger partial charge is 0.480 e. The van der Waals surface area contributed by atoms with Gasteiger partial charge in [-0.1, -0.05) is 28.2 Å². The summed E-state index contributed by atoms with van der Waals surface area (Å²) >= 11 is 0. The molecule has 0 aliphatic rings. The van der Waals surface area contributed by atoms with Crippen molar-refractivity contribution < 1.29 is 24.6 Å². The Kier molecular flexibility index (Phi) is 12.2. The molecular weight excluding hydrogens is 306 g/mol. The van der Waals surface area contributed by atoms with Crippen molar-refractivity contribution in [3.63, 3.8) is 0 Å². The Balaban J connectivity index is 0. The predicted octanol–water partition coefficient (Wildman–Crippen LogP) is -0.761. The Labute approximate surface area is 124 Å². The first-order valence-corrected chi connectivity index (χ1v) is 7.74. The fourth-order valence-corrected chi connectivity index (χ4v) is 2.61. The first-order chi connectivity index (χ1) is 9.09. The molecule has 1 amide bonds. The van der Waals surface area contributed by atoms with Crippen LogP contribution in [0.2, 0.25) is 0 Å². The standard InChI is InChI=1S/C6H12N2O4S2.C4H7NO/c7-3(5(9)10)1-13-14-2-4(8)6(11)12;1-3(2)4(5)6/h3-4H,1-2,7-8H2,(H,9,10)(H,11,12);1H2,2H3,(H2,5,6). The summed E-state index contributed by atoms with van der Waals surface area (Å²) in [6, 6.07) is -1.85. The van der Waals surface area contributed by atoms with Gasteiger partial charge in [-0.15, -0.1) is 0 Å². The number of aliphatic carboxylic acids is 2. The van der Waals surface area contributed by atoms with Gasteiger partial charge in [-0.25, -0.2) is 0 Å². The normalized spacial score (nSPS) is 12.6. The SMILES string of the molecule is C=C(C)C(N)=O.NC(CSSCC(N)C(=O)O)C(=O)O. The second-order valence-corrected chi connectivity index (χ2v) is 6.16. The summed E-state index contributed by atoms with van der Waals surface area (Å²) in [5.41, 5.74) is 15.5. The van der Waals surface area contributed by atoms with Gasteiger partial charge in [0, 0.05) is 17.1 Å². The molecule has 8 nitrogen and oxygen atoms in total. The van der Waals surface area contributed by atoms with E-state index < -0.39 is 29.9 Å². The van der Waals surface area contributed by atoms with Gasteiger partial charge in [0.1, 0.15) is 12.1 Å². The molecule has 0 rings (SSSR count). The highest BCUT2D eigenvalue weighted by molar-refractivity contribution is 8.76. The predicted molar refractivity (Wildman–Crippen MR) is 80.1 cm³/mol. The number of nitrogens with two attached hydrogens (primary N) is 3. The maximum absolute atomic E-state index is 10.3. The van der Waals surface area contributed by atoms with E-state index in [-0.39, 0.29) is 11.5 Å². The number of carboxylic acids is 2. The Morgan fingerprint density at radius 1 is 1.05 bits per heavy atom. The molecule has 0 aliphatic heterocycles. The van der Waals surface area contributed by atoms with Crippen LogP contribution in [0.25, 0.3) is 0 Å². The van der Waals surface area contributed by atoms with Gasteiger partial charge in [-0.3, -0.25) is 14.4 Å². The summed E-state index contributed by atoms with van der Waals surface area (Å²) in [7, 11) is 2.41. The molecule has 0 heterocycles. The zero-order chi connectivity index (χ0) is 16.3. The number of carboxylic acid groups (broad SMARTS) is 2. The Hall–Kier alpha value is -1.23. The number of carbonyl (C=O) groups is 3. The van der Waals surface area contributed by atoms with Crippen LogP contribution < -0.4 is 17.2 Å². The summed E-state index contributed by atoms with van der Waals surface area (Å²) in [4.78, 5) is 30.4. The van der Waals surface area contributed by atoms with Gasteiger partial charge in [0.2, 0.25) is 5.91 Å². The zero-order valence-electron chi connectivity index (χ0n) is 10.9. The molecule has 10 heteroatoms. The van der Waals surface area contributed by atoms with E-state index >= 15 is 0 Å². The molecule has 0 spiro atoms. The lowest BCUT2D eigenvalue weighted by Crippen LogP contribution is -2.33. The molecule has 0 bridgehead atoms. The van der Waals surface area contributed by atoms with Crippen LogP contribution in [0.15, 0.2) is 12.2 Å². The minimum Gasteiger partial charge on any atom is -0.480 e. The summed E-state index contributed by atoms with van der Waals surface area (Å²) in [5, 5.41) is 16.8. The van der Waals surface area contributed by atoms with Gasteiger partial charge in [0.05, 0.1) is 0 Å². The van der Waals surface area contributed by atoms with E-state index in [9.17, 15) is 14.4 Å². The molecule has 0 saturated heterocycles. The molecule has 0 saturated carbocycles. The lowest BCUT2D eigenvalue weighted by atomic mass is 10.3. The lowest BCUT2D eigenvalue weighted by molar-refractivity contribution is -0.138. The smallest absolute Gasteiger partial charge is 0.321 e. The first kappa shape index (κ1) is 21.1. The van der Waals surface area contributed by atoms with Crippen molar-refractivity contribution >= 4 is 39.4 Å². The van der Waals surface area contributed by atoms with Gasteiger partial charge in [0.25, 0.3) is 0 Å². The van der Waals surface area contributed by atoms with Crippen LogP contribution in [0.5, 0.6) is 0 Å². The van der Waals surface area contributed by atoms with Crippen LogP contribution >= 0.6 is 21.6 Å². The Morgan fingerprint density at radius 3 is 1.45 bits per heavy atom. The highest BCUT2D eigenvalue weighted by Gasteiger charge is 2.14. The van der Waals surface area contributed by atoms with Crippen LogP contribution in [-0.2, 0) is 14.4 Å². The number of amides is 1. The number of hydrogen-bond acceptors (Lipinski definition) is 7. The lowest BCUT2D eigenvalue weighted by Gasteiger charge is -2.07. The summed E-state index contributed by atoms with van der Waals surface area (Å²) in [6.07, 6.45) is 0. The van der Waals surface area contributed by atoms with Gasteiger partial charge in [-0.2, -0.15) is 0 Å². The fraction of sp³-hybridized carbons (Fsp3) is 0.500. The average molecular weight is 325 g/mol. The van der Waals surface area contributed by atoms with E-state index in [1.165, 1.54) is 21.6 Å². The average Bonchev–Trinajstić information content (AvgIpc) is 2.34. The van der Waals surface area contributed by atoms with Gasteiger partial charge >= 0.3 is 11.9 Å². The van der Waals surface area contributed by atoms with Crippen molar-refractivity contribution in [1.29, 1.82) is 0 Å². The van der Waals surface area contributed by atoms with E-state index in [1.807, 2.05) is 0 Å². The van der Waals surface area contributed by atoms with Crippen molar-refractivity contribution in [1.82, 2.24) is 0 Å². The number of hydrogen-bond donors (Lipinski definition) is 5. The molecule has 2 unspecified atom stereocenters. The molecular formula is C10H19N3O5S2. The van der Waals surface area contributed by atoms with Gasteiger partial charge < -0.3 is 27.4 Å². The van der Waals surface area contributed by atoms with Gasteiger partial charge in [0.15, 0.2) is 0 Å². The highest BCUT2D eigenvalue weighted by Crippen LogP contribution is 2.22. The number of primary amides is 1. The summed E-state index contributed by atoms with van der Waals surface area (Å²) in [5.74, 6) is -2.12. The maximum Gasteiger partial charge on any atom is 0.321 e. The topological polar surface area (TPSA) is 170 Å². The van der Waals surface area contributed by atoms with E-state index in [1.54, 1.807) is 6.92 Å². The monoisotopic (exact) mass is 325 g/mol. The number of rotatable bonds is 8. The molecule has 20 heavy (non-hydrogen) atoms. The second-order valence-electron chi connectivity index (χ2n) is 3.60. The third-order valence-electron chi connectivity index (χ3n) is 1.63. The van der Waals surface area contributed by atoms with Crippen molar-refractivity contribution in [3.8, 4) is 0 Å². The molecule has 8 N–H and O–H groups in total. The van der Waals surface area contributed by atoms with Gasteiger partial charge in [-0.05, 0) is 6.92 Å². The molecule has 0 aromatic heterocycles. The molecule has 0 aromatic carbocycles. The van der Waals surface area contributed by atoms with Crippen molar-refractivity contribution in [2.75, 3.05) is 11.5 Å². The van der Waals surface area contributed by atoms with Crippen LogP contribution in [0.1, 0.15) is 6.92 Å². The van der Waals surface area contributed by atoms with Crippen molar-refractivity contribution in [2.45, 2.75) is 19.0 Å². The van der Waals surface area contributed by atoms with E-state index in [0.717, 1.165) is 0 Å². The minimum absolute atomic E-state index is 0.229. The zero-order valence-corrected chi connectivity index (χ0v) is 12.6. The van der Waals surface area contributed by atoms with Crippen LogP contribution in [-0.4, -0.2) is 51.6 Å². The summed E-state index contributed by atoms with van der Waals surface area (Å²) < 4.78 is 0. The molecule has 0 fully saturated rings. The van der Waals surface area contributed by atoms with Crippen molar-refractivity contribution in [2.24, 2.45) is 17.2 Å². The van der Waals surface area contributed by atoms with E-state index in [0.29, 0.717) is 5.57 Å². The molecule has 0 aliphatic carbocycles. The van der Waals surface area contributed by atoms with E-state index in [2.05, 4.69) is 6.58 Å². The van der Waals surface area contributed by atoms with Crippen LogP contribution in [0.3, 0.4) is 0 Å². The minimum atomic E-state index is -1.07. The van der Waals surface area contributed by atoms with Crippen LogP contribution in [0.4, 0.5) is 0 Å². The number of carbonyl (C=O) groups excluding carboxylic acids is 1. The second kappa shape index (κ2) is 11.6. The molecule has 2 atom stereocenters. The fourth-order valence-electron chi connectivity index (χ4n) is 0.385. The molecule has 0 aromatic rings.